The van der Waals surface area contributed by atoms with Crippen molar-refractivity contribution in [3.05, 3.63) is 83.0 Å². The summed E-state index contributed by atoms with van der Waals surface area (Å²) in [5.74, 6) is 0.396. The van der Waals surface area contributed by atoms with Gasteiger partial charge in [-0.15, -0.1) is 11.3 Å². The number of rotatable bonds is 7. The number of nitrogens with zero attached hydrogens (tertiary/aromatic N) is 2. The fourth-order valence-electron chi connectivity index (χ4n) is 4.38. The maximum Gasteiger partial charge on any atom is 0.307 e. The van der Waals surface area contributed by atoms with Crippen LogP contribution in [0.3, 0.4) is 0 Å². The maximum atomic E-state index is 11.7. The van der Waals surface area contributed by atoms with Gasteiger partial charge < -0.3 is 14.6 Å². The standard InChI is InChI=1S/C29H23ClN2O4S/c1-16-12-23-28(27(21(16)15-26(33)34)17-4-7-20(30)8-5-17)37-29(32-23)19-10-11-31-22(13-19)18-6-9-24(35-2)25(14-18)36-3/h4-14H,15H2,1-3H3,(H,33,34). The van der Waals surface area contributed by atoms with E-state index in [1.165, 1.54) is 11.3 Å². The highest BCUT2D eigenvalue weighted by Gasteiger charge is 2.20. The zero-order valence-corrected chi connectivity index (χ0v) is 22.0. The minimum atomic E-state index is -0.879. The fourth-order valence-corrected chi connectivity index (χ4v) is 5.64. The molecule has 2 heterocycles. The molecule has 0 bridgehead atoms. The number of thiazole rings is 1. The molecule has 0 saturated heterocycles. The second-order valence-corrected chi connectivity index (χ2v) is 9.93. The molecule has 0 spiro atoms. The summed E-state index contributed by atoms with van der Waals surface area (Å²) in [6.45, 7) is 1.93. The van der Waals surface area contributed by atoms with Crippen molar-refractivity contribution in [2.24, 2.45) is 0 Å². The number of halogens is 1. The number of aromatic nitrogens is 2. The number of benzene rings is 3. The lowest BCUT2D eigenvalue weighted by Crippen LogP contribution is -2.04. The molecule has 0 fully saturated rings. The molecule has 0 aliphatic carbocycles. The summed E-state index contributed by atoms with van der Waals surface area (Å²) in [5.41, 5.74) is 6.86. The number of carbonyl (C=O) groups is 1. The molecule has 5 aromatic rings. The Hall–Kier alpha value is -3.94. The molecule has 186 valence electrons. The number of aryl methyl sites for hydroxylation is 1. The van der Waals surface area contributed by atoms with E-state index in [2.05, 4.69) is 4.98 Å². The zero-order valence-electron chi connectivity index (χ0n) is 20.4. The molecule has 1 N–H and O–H groups in total. The number of fused-ring (bicyclic) bond motifs is 1. The van der Waals surface area contributed by atoms with Crippen molar-refractivity contribution >= 4 is 39.1 Å². The minimum Gasteiger partial charge on any atom is -0.493 e. The van der Waals surface area contributed by atoms with Crippen molar-refractivity contribution in [3.63, 3.8) is 0 Å². The van der Waals surface area contributed by atoms with Crippen molar-refractivity contribution in [3.8, 4) is 44.5 Å². The highest BCUT2D eigenvalue weighted by Crippen LogP contribution is 2.41. The van der Waals surface area contributed by atoms with E-state index in [9.17, 15) is 9.90 Å². The number of carboxylic acids is 1. The Balaban J connectivity index is 1.65. The van der Waals surface area contributed by atoms with E-state index in [1.807, 2.05) is 67.6 Å². The number of ether oxygens (including phenoxy) is 2. The van der Waals surface area contributed by atoms with Gasteiger partial charge in [-0.2, -0.15) is 0 Å². The quantitative estimate of drug-likeness (QED) is 0.238. The predicted octanol–water partition coefficient (Wildman–Crippen LogP) is 7.30. The number of hydrogen-bond donors (Lipinski definition) is 1. The molecule has 5 rings (SSSR count). The van der Waals surface area contributed by atoms with Gasteiger partial charge in [0.15, 0.2) is 11.5 Å². The molecule has 0 radical (unpaired) electrons. The Bertz CT molecular complexity index is 1630. The van der Waals surface area contributed by atoms with Crippen molar-refractivity contribution < 1.29 is 19.4 Å². The molecule has 6 nitrogen and oxygen atoms in total. The zero-order chi connectivity index (χ0) is 26.1. The van der Waals surface area contributed by atoms with Crippen LogP contribution in [0, 0.1) is 6.92 Å². The molecule has 37 heavy (non-hydrogen) atoms. The average molecular weight is 531 g/mol. The van der Waals surface area contributed by atoms with Crippen LogP contribution in [0.15, 0.2) is 66.9 Å². The summed E-state index contributed by atoms with van der Waals surface area (Å²) < 4.78 is 11.7. The Morgan fingerprint density at radius 3 is 2.38 bits per heavy atom. The van der Waals surface area contributed by atoms with E-state index in [4.69, 9.17) is 26.1 Å². The number of aliphatic carboxylic acids is 1. The first-order chi connectivity index (χ1) is 17.9. The molecule has 0 aliphatic rings. The van der Waals surface area contributed by atoms with Gasteiger partial charge in [0.25, 0.3) is 0 Å². The van der Waals surface area contributed by atoms with Crippen LogP contribution in [-0.2, 0) is 11.2 Å². The largest absolute Gasteiger partial charge is 0.493 e. The van der Waals surface area contributed by atoms with Crippen molar-refractivity contribution in [2.45, 2.75) is 13.3 Å². The van der Waals surface area contributed by atoms with Gasteiger partial charge in [-0.25, -0.2) is 4.98 Å². The van der Waals surface area contributed by atoms with Gasteiger partial charge in [0.2, 0.25) is 0 Å². The van der Waals surface area contributed by atoms with E-state index >= 15 is 0 Å². The smallest absolute Gasteiger partial charge is 0.307 e. The number of hydrogen-bond acceptors (Lipinski definition) is 6. The van der Waals surface area contributed by atoms with E-state index < -0.39 is 5.97 Å². The van der Waals surface area contributed by atoms with Crippen LogP contribution >= 0.6 is 22.9 Å². The molecule has 8 heteroatoms. The molecule has 0 unspecified atom stereocenters. The summed E-state index contributed by atoms with van der Waals surface area (Å²) in [5, 5.41) is 11.1. The van der Waals surface area contributed by atoms with E-state index in [1.54, 1.807) is 20.4 Å². The first-order valence-electron chi connectivity index (χ1n) is 11.5. The number of methoxy groups -OCH3 is 2. The lowest BCUT2D eigenvalue weighted by atomic mass is 9.93. The molecule has 0 atom stereocenters. The average Bonchev–Trinajstić information content (AvgIpc) is 3.32. The fraction of sp³-hybridized carbons (Fsp3) is 0.138. The van der Waals surface area contributed by atoms with Crippen molar-refractivity contribution in [2.75, 3.05) is 14.2 Å². The summed E-state index contributed by atoms with van der Waals surface area (Å²) in [7, 11) is 3.21. The van der Waals surface area contributed by atoms with Crippen LogP contribution in [0.5, 0.6) is 11.5 Å². The van der Waals surface area contributed by atoms with Gasteiger partial charge in [-0.1, -0.05) is 23.7 Å². The normalized spacial score (nSPS) is 11.0. The lowest BCUT2D eigenvalue weighted by Gasteiger charge is -2.13. The third kappa shape index (κ3) is 4.88. The van der Waals surface area contributed by atoms with Crippen LogP contribution < -0.4 is 9.47 Å². The van der Waals surface area contributed by atoms with Gasteiger partial charge in [0.1, 0.15) is 5.01 Å². The Morgan fingerprint density at radius 1 is 0.946 bits per heavy atom. The molecule has 0 amide bonds. The van der Waals surface area contributed by atoms with Gasteiger partial charge in [0.05, 0.1) is 36.6 Å². The molecular weight excluding hydrogens is 508 g/mol. The van der Waals surface area contributed by atoms with Crippen LogP contribution in [0.1, 0.15) is 11.1 Å². The lowest BCUT2D eigenvalue weighted by molar-refractivity contribution is -0.136. The summed E-state index contributed by atoms with van der Waals surface area (Å²) >= 11 is 7.67. The van der Waals surface area contributed by atoms with E-state index in [0.717, 1.165) is 54.3 Å². The van der Waals surface area contributed by atoms with Gasteiger partial charge in [-0.3, -0.25) is 9.78 Å². The van der Waals surface area contributed by atoms with Gasteiger partial charge in [-0.05, 0) is 72.1 Å². The molecule has 0 saturated carbocycles. The third-order valence-electron chi connectivity index (χ3n) is 6.16. The molecule has 2 aromatic heterocycles. The Labute approximate surface area is 223 Å². The highest BCUT2D eigenvalue weighted by atomic mass is 35.5. The summed E-state index contributed by atoms with van der Waals surface area (Å²) in [6.07, 6.45) is 1.68. The summed E-state index contributed by atoms with van der Waals surface area (Å²) in [4.78, 5) is 21.2. The molecule has 3 aromatic carbocycles. The van der Waals surface area contributed by atoms with E-state index in [0.29, 0.717) is 16.5 Å². The first kappa shape index (κ1) is 24.7. The van der Waals surface area contributed by atoms with E-state index in [-0.39, 0.29) is 6.42 Å². The van der Waals surface area contributed by atoms with Crippen LogP contribution in [0.2, 0.25) is 5.02 Å². The van der Waals surface area contributed by atoms with Crippen LogP contribution in [0.25, 0.3) is 43.2 Å². The molecule has 0 aliphatic heterocycles. The Morgan fingerprint density at radius 2 is 1.68 bits per heavy atom. The monoisotopic (exact) mass is 530 g/mol. The predicted molar refractivity (Wildman–Crippen MR) is 148 cm³/mol. The first-order valence-corrected chi connectivity index (χ1v) is 12.7. The summed E-state index contributed by atoms with van der Waals surface area (Å²) in [6, 6.07) is 19.0. The SMILES string of the molecule is COc1ccc(-c2cc(-c3nc4cc(C)c(CC(=O)O)c(-c5ccc(Cl)cc5)c4s3)ccn2)cc1OC. The molecular formula is C29H23ClN2O4S. The van der Waals surface area contributed by atoms with Crippen LogP contribution in [-0.4, -0.2) is 35.3 Å². The highest BCUT2D eigenvalue weighted by molar-refractivity contribution is 7.22. The maximum absolute atomic E-state index is 11.7. The second kappa shape index (κ2) is 10.2. The van der Waals surface area contributed by atoms with Gasteiger partial charge >= 0.3 is 5.97 Å². The number of carboxylic acid groups (broad SMARTS) is 1. The van der Waals surface area contributed by atoms with Gasteiger partial charge in [0, 0.05) is 27.9 Å². The van der Waals surface area contributed by atoms with Crippen molar-refractivity contribution in [1.29, 1.82) is 0 Å². The topological polar surface area (TPSA) is 81.5 Å². The minimum absolute atomic E-state index is 0.0777. The Kier molecular flexibility index (Phi) is 6.82. The number of pyridine rings is 1. The van der Waals surface area contributed by atoms with Crippen molar-refractivity contribution in [1.82, 2.24) is 9.97 Å². The third-order valence-corrected chi connectivity index (χ3v) is 7.55. The second-order valence-electron chi connectivity index (χ2n) is 8.49. The van der Waals surface area contributed by atoms with Crippen LogP contribution in [0.4, 0.5) is 0 Å².